The lowest BCUT2D eigenvalue weighted by Crippen LogP contribution is -2.09. The number of thiol groups is 1. The average molecular weight is 223 g/mol. The van der Waals surface area contributed by atoms with Crippen molar-refractivity contribution in [2.75, 3.05) is 19.0 Å². The van der Waals surface area contributed by atoms with E-state index in [4.69, 9.17) is 0 Å². The van der Waals surface area contributed by atoms with Crippen LogP contribution in [0.3, 0.4) is 0 Å². The van der Waals surface area contributed by atoms with Gasteiger partial charge in [0.25, 0.3) is 0 Å². The SMILES string of the molecule is CC(Cc1ccc(N(C)C)cc1)C(=O)S. The summed E-state index contributed by atoms with van der Waals surface area (Å²) in [5.41, 5.74) is 2.35. The van der Waals surface area contributed by atoms with Gasteiger partial charge in [-0.1, -0.05) is 19.1 Å². The van der Waals surface area contributed by atoms with Crippen LogP contribution in [0.1, 0.15) is 12.5 Å². The lowest BCUT2D eigenvalue weighted by atomic mass is 10.0. The van der Waals surface area contributed by atoms with Gasteiger partial charge in [0.1, 0.15) is 0 Å². The van der Waals surface area contributed by atoms with E-state index >= 15 is 0 Å². The van der Waals surface area contributed by atoms with E-state index in [2.05, 4.69) is 41.8 Å². The zero-order valence-corrected chi connectivity index (χ0v) is 10.3. The minimum atomic E-state index is -0.0494. The fourth-order valence-electron chi connectivity index (χ4n) is 1.37. The molecule has 0 amide bonds. The highest BCUT2D eigenvalue weighted by Crippen LogP contribution is 2.15. The number of benzene rings is 1. The van der Waals surface area contributed by atoms with Crippen LogP contribution < -0.4 is 4.90 Å². The highest BCUT2D eigenvalue weighted by molar-refractivity contribution is 7.96. The van der Waals surface area contributed by atoms with Gasteiger partial charge in [0.2, 0.25) is 0 Å². The van der Waals surface area contributed by atoms with Crippen LogP contribution >= 0.6 is 12.6 Å². The molecular formula is C12H17NOS. The quantitative estimate of drug-likeness (QED) is 0.791. The summed E-state index contributed by atoms with van der Waals surface area (Å²) in [6.07, 6.45) is 0.760. The Morgan fingerprint density at radius 2 is 1.87 bits per heavy atom. The Hall–Kier alpha value is -0.960. The van der Waals surface area contributed by atoms with Gasteiger partial charge in [-0.3, -0.25) is 4.79 Å². The molecule has 0 spiro atoms. The predicted octanol–water partition coefficient (Wildman–Crippen LogP) is 2.39. The summed E-state index contributed by atoms with van der Waals surface area (Å²) < 4.78 is 0. The second kappa shape index (κ2) is 5.21. The molecule has 1 aromatic carbocycles. The molecule has 0 aromatic heterocycles. The Morgan fingerprint density at radius 3 is 2.27 bits per heavy atom. The number of carbonyl (C=O) groups excluding carboxylic acids is 1. The first-order chi connectivity index (χ1) is 7.00. The van der Waals surface area contributed by atoms with Crippen LogP contribution in [-0.4, -0.2) is 19.2 Å². The topological polar surface area (TPSA) is 20.3 Å². The molecule has 0 aliphatic rings. The number of carbonyl (C=O) groups is 1. The Bertz CT molecular complexity index is 332. The molecule has 0 bridgehead atoms. The van der Waals surface area contributed by atoms with E-state index in [0.29, 0.717) is 0 Å². The minimum Gasteiger partial charge on any atom is -0.378 e. The fraction of sp³-hybridized carbons (Fsp3) is 0.417. The molecule has 1 unspecified atom stereocenters. The number of hydrogen-bond acceptors (Lipinski definition) is 2. The molecule has 3 heteroatoms. The molecule has 0 saturated carbocycles. The molecular weight excluding hydrogens is 206 g/mol. The van der Waals surface area contributed by atoms with E-state index in [1.54, 1.807) is 0 Å². The van der Waals surface area contributed by atoms with E-state index in [9.17, 15) is 4.79 Å². The van der Waals surface area contributed by atoms with Crippen molar-refractivity contribution in [3.05, 3.63) is 29.8 Å². The predicted molar refractivity (Wildman–Crippen MR) is 67.6 cm³/mol. The average Bonchev–Trinajstić information content (AvgIpc) is 2.18. The summed E-state index contributed by atoms with van der Waals surface area (Å²) in [7, 11) is 4.02. The summed E-state index contributed by atoms with van der Waals surface area (Å²) in [5, 5.41) is -0.0494. The molecule has 1 rings (SSSR count). The first kappa shape index (κ1) is 12.1. The third-order valence-electron chi connectivity index (χ3n) is 2.42. The van der Waals surface area contributed by atoms with Crippen molar-refractivity contribution in [1.82, 2.24) is 0 Å². The molecule has 0 aliphatic carbocycles. The molecule has 0 radical (unpaired) electrons. The van der Waals surface area contributed by atoms with E-state index in [-0.39, 0.29) is 11.0 Å². The van der Waals surface area contributed by atoms with E-state index in [1.807, 2.05) is 21.0 Å². The third-order valence-corrected chi connectivity index (χ3v) is 2.86. The van der Waals surface area contributed by atoms with Gasteiger partial charge in [0.15, 0.2) is 5.12 Å². The molecule has 1 atom stereocenters. The molecule has 82 valence electrons. The van der Waals surface area contributed by atoms with Crippen molar-refractivity contribution in [1.29, 1.82) is 0 Å². The standard InChI is InChI=1S/C12H17NOS/c1-9(12(14)15)8-10-4-6-11(7-5-10)13(2)3/h4-7,9H,8H2,1-3H3,(H,14,15). The van der Waals surface area contributed by atoms with Gasteiger partial charge < -0.3 is 4.90 Å². The van der Waals surface area contributed by atoms with Gasteiger partial charge in [0.05, 0.1) is 0 Å². The van der Waals surface area contributed by atoms with Gasteiger partial charge in [-0.2, -0.15) is 0 Å². The maximum atomic E-state index is 11.0. The Kier molecular flexibility index (Phi) is 4.21. The van der Waals surface area contributed by atoms with Crippen LogP contribution in [0, 0.1) is 5.92 Å². The lowest BCUT2D eigenvalue weighted by Gasteiger charge is -2.13. The smallest absolute Gasteiger partial charge is 0.189 e. The molecule has 0 saturated heterocycles. The maximum Gasteiger partial charge on any atom is 0.189 e. The minimum absolute atomic E-state index is 0.0152. The first-order valence-corrected chi connectivity index (χ1v) is 5.44. The van der Waals surface area contributed by atoms with Gasteiger partial charge in [0, 0.05) is 25.7 Å². The molecule has 0 fully saturated rings. The molecule has 1 aromatic rings. The van der Waals surface area contributed by atoms with Gasteiger partial charge in [-0.05, 0) is 24.1 Å². The van der Waals surface area contributed by atoms with Crippen LogP contribution in [0.2, 0.25) is 0 Å². The van der Waals surface area contributed by atoms with Crippen LogP contribution in [0.5, 0.6) is 0 Å². The van der Waals surface area contributed by atoms with E-state index in [0.717, 1.165) is 6.42 Å². The van der Waals surface area contributed by atoms with Crippen molar-refractivity contribution in [3.63, 3.8) is 0 Å². The summed E-state index contributed by atoms with van der Waals surface area (Å²) in [6, 6.07) is 8.24. The Balaban J connectivity index is 2.68. The van der Waals surface area contributed by atoms with Crippen LogP contribution in [0.25, 0.3) is 0 Å². The summed E-state index contributed by atoms with van der Waals surface area (Å²) >= 11 is 3.83. The van der Waals surface area contributed by atoms with Crippen molar-refractivity contribution >= 4 is 23.4 Å². The zero-order valence-electron chi connectivity index (χ0n) is 9.40. The molecule has 0 heterocycles. The molecule has 0 N–H and O–H groups in total. The van der Waals surface area contributed by atoms with Gasteiger partial charge in [-0.15, -0.1) is 12.6 Å². The molecule has 2 nitrogen and oxygen atoms in total. The van der Waals surface area contributed by atoms with Crippen molar-refractivity contribution in [2.24, 2.45) is 5.92 Å². The van der Waals surface area contributed by atoms with E-state index < -0.39 is 0 Å². The molecule has 0 aliphatic heterocycles. The highest BCUT2D eigenvalue weighted by atomic mass is 32.1. The maximum absolute atomic E-state index is 11.0. The Labute approximate surface area is 96.7 Å². The van der Waals surface area contributed by atoms with E-state index in [1.165, 1.54) is 11.3 Å². The van der Waals surface area contributed by atoms with Gasteiger partial charge >= 0.3 is 0 Å². The number of rotatable bonds is 4. The highest BCUT2D eigenvalue weighted by Gasteiger charge is 2.09. The summed E-state index contributed by atoms with van der Waals surface area (Å²) in [5.74, 6) is -0.0152. The summed E-state index contributed by atoms with van der Waals surface area (Å²) in [4.78, 5) is 13.0. The van der Waals surface area contributed by atoms with Gasteiger partial charge in [-0.25, -0.2) is 0 Å². The van der Waals surface area contributed by atoms with Crippen LogP contribution in [0.4, 0.5) is 5.69 Å². The first-order valence-electron chi connectivity index (χ1n) is 4.99. The molecule has 15 heavy (non-hydrogen) atoms. The van der Waals surface area contributed by atoms with Crippen LogP contribution in [-0.2, 0) is 11.2 Å². The summed E-state index contributed by atoms with van der Waals surface area (Å²) in [6.45, 7) is 1.90. The second-order valence-corrected chi connectivity index (χ2v) is 4.45. The second-order valence-electron chi connectivity index (χ2n) is 4.00. The third kappa shape index (κ3) is 3.59. The normalized spacial score (nSPS) is 12.3. The zero-order chi connectivity index (χ0) is 11.4. The Morgan fingerprint density at radius 1 is 1.33 bits per heavy atom. The monoisotopic (exact) mass is 223 g/mol. The fourth-order valence-corrected chi connectivity index (χ4v) is 1.46. The largest absolute Gasteiger partial charge is 0.378 e. The van der Waals surface area contributed by atoms with Crippen molar-refractivity contribution < 1.29 is 4.79 Å². The lowest BCUT2D eigenvalue weighted by molar-refractivity contribution is -0.113. The van der Waals surface area contributed by atoms with Crippen molar-refractivity contribution in [3.8, 4) is 0 Å². The number of anilines is 1. The van der Waals surface area contributed by atoms with Crippen molar-refractivity contribution in [2.45, 2.75) is 13.3 Å². The number of nitrogens with zero attached hydrogens (tertiary/aromatic N) is 1. The number of hydrogen-bond donors (Lipinski definition) is 1. The van der Waals surface area contributed by atoms with Crippen LogP contribution in [0.15, 0.2) is 24.3 Å².